The Morgan fingerprint density at radius 1 is 1.33 bits per heavy atom. The van der Waals surface area contributed by atoms with E-state index in [1.807, 2.05) is 19.1 Å². The average molecular weight is 409 g/mol. The maximum atomic E-state index is 14.2. The average Bonchev–Trinajstić information content (AvgIpc) is 3.15. The summed E-state index contributed by atoms with van der Waals surface area (Å²) in [6.45, 7) is 3.42. The van der Waals surface area contributed by atoms with Gasteiger partial charge in [0.05, 0.1) is 28.5 Å². The molecule has 0 fully saturated rings. The molecule has 0 aliphatic rings. The summed E-state index contributed by atoms with van der Waals surface area (Å²) < 4.78 is 35.3. The van der Waals surface area contributed by atoms with E-state index < -0.39 is 16.8 Å². The SMILES string of the molecule is COc1ccc(C(=O)c2cc3cc(C)n(CCCNS(C)=O)c3s2)c(F)c1. The minimum Gasteiger partial charge on any atom is -0.497 e. The van der Waals surface area contributed by atoms with E-state index in [-0.39, 0.29) is 11.3 Å². The fraction of sp³-hybridized carbons (Fsp3) is 0.316. The third kappa shape index (κ3) is 4.28. The van der Waals surface area contributed by atoms with E-state index in [0.29, 0.717) is 17.2 Å². The van der Waals surface area contributed by atoms with Crippen LogP contribution in [0.15, 0.2) is 30.3 Å². The second-order valence-electron chi connectivity index (χ2n) is 6.19. The number of fused-ring (bicyclic) bond motifs is 1. The summed E-state index contributed by atoms with van der Waals surface area (Å²) in [5.41, 5.74) is 1.14. The van der Waals surface area contributed by atoms with Crippen molar-refractivity contribution < 1.29 is 18.1 Å². The van der Waals surface area contributed by atoms with Crippen molar-refractivity contribution in [1.29, 1.82) is 0 Å². The van der Waals surface area contributed by atoms with Crippen LogP contribution in [0.1, 0.15) is 27.3 Å². The van der Waals surface area contributed by atoms with Gasteiger partial charge in [0.2, 0.25) is 5.78 Å². The topological polar surface area (TPSA) is 60.3 Å². The van der Waals surface area contributed by atoms with Gasteiger partial charge in [-0.15, -0.1) is 11.3 Å². The number of nitrogens with one attached hydrogen (secondary N) is 1. The van der Waals surface area contributed by atoms with Crippen molar-refractivity contribution in [1.82, 2.24) is 9.29 Å². The first-order valence-electron chi connectivity index (χ1n) is 8.45. The van der Waals surface area contributed by atoms with Crippen molar-refractivity contribution >= 4 is 38.3 Å². The quantitative estimate of drug-likeness (QED) is 0.457. The molecular formula is C19H21FN2O3S2. The highest BCUT2D eigenvalue weighted by atomic mass is 32.2. The largest absolute Gasteiger partial charge is 0.497 e. The molecule has 8 heteroatoms. The third-order valence-electron chi connectivity index (χ3n) is 4.28. The van der Waals surface area contributed by atoms with Gasteiger partial charge < -0.3 is 9.30 Å². The van der Waals surface area contributed by atoms with Crippen LogP contribution in [0.2, 0.25) is 0 Å². The number of aromatic nitrogens is 1. The summed E-state index contributed by atoms with van der Waals surface area (Å²) in [6, 6.07) is 8.10. The summed E-state index contributed by atoms with van der Waals surface area (Å²) >= 11 is 1.37. The molecule has 1 atom stereocenters. The predicted molar refractivity (Wildman–Crippen MR) is 108 cm³/mol. The zero-order chi connectivity index (χ0) is 19.6. The number of halogens is 1. The number of carbonyl (C=O) groups is 1. The molecule has 0 amide bonds. The number of nitrogens with zero attached hydrogens (tertiary/aromatic N) is 1. The van der Waals surface area contributed by atoms with E-state index in [2.05, 4.69) is 9.29 Å². The maximum absolute atomic E-state index is 14.2. The first kappa shape index (κ1) is 19.7. The molecule has 5 nitrogen and oxygen atoms in total. The van der Waals surface area contributed by atoms with Crippen molar-refractivity contribution in [2.75, 3.05) is 19.9 Å². The van der Waals surface area contributed by atoms with Crippen molar-refractivity contribution in [3.8, 4) is 5.75 Å². The van der Waals surface area contributed by atoms with Gasteiger partial charge in [-0.2, -0.15) is 0 Å². The number of benzene rings is 1. The molecule has 0 aliphatic heterocycles. The van der Waals surface area contributed by atoms with Gasteiger partial charge >= 0.3 is 0 Å². The predicted octanol–water partition coefficient (Wildman–Crippen LogP) is 3.66. The minimum atomic E-state index is -1.02. The van der Waals surface area contributed by atoms with Gasteiger partial charge in [0, 0.05) is 36.5 Å². The summed E-state index contributed by atoms with van der Waals surface area (Å²) in [5.74, 6) is -0.539. The van der Waals surface area contributed by atoms with Crippen LogP contribution in [0.5, 0.6) is 5.75 Å². The van der Waals surface area contributed by atoms with E-state index in [4.69, 9.17) is 4.74 Å². The summed E-state index contributed by atoms with van der Waals surface area (Å²) in [5, 5.41) is 0.974. The Kier molecular flexibility index (Phi) is 6.08. The fourth-order valence-electron chi connectivity index (χ4n) is 2.96. The van der Waals surface area contributed by atoms with Crippen molar-refractivity contribution in [3.63, 3.8) is 0 Å². The zero-order valence-corrected chi connectivity index (χ0v) is 17.0. The first-order valence-corrected chi connectivity index (χ1v) is 10.8. The second kappa shape index (κ2) is 8.33. The van der Waals surface area contributed by atoms with Gasteiger partial charge in [0.15, 0.2) is 0 Å². The van der Waals surface area contributed by atoms with Crippen molar-refractivity contribution in [2.45, 2.75) is 19.9 Å². The van der Waals surface area contributed by atoms with E-state index in [9.17, 15) is 13.4 Å². The second-order valence-corrected chi connectivity index (χ2v) is 8.41. The Morgan fingerprint density at radius 3 is 2.78 bits per heavy atom. The normalized spacial score (nSPS) is 12.4. The number of carbonyl (C=O) groups excluding carboxylic acids is 1. The molecule has 144 valence electrons. The minimum absolute atomic E-state index is 0.0394. The summed E-state index contributed by atoms with van der Waals surface area (Å²) in [7, 11) is 0.435. The first-order chi connectivity index (χ1) is 12.9. The Balaban J connectivity index is 1.84. The van der Waals surface area contributed by atoms with Crippen LogP contribution in [-0.4, -0.2) is 34.5 Å². The van der Waals surface area contributed by atoms with E-state index in [1.165, 1.54) is 30.6 Å². The van der Waals surface area contributed by atoms with Crippen LogP contribution in [0.4, 0.5) is 4.39 Å². The van der Waals surface area contributed by atoms with Gasteiger partial charge in [0.25, 0.3) is 0 Å². The molecule has 0 aliphatic carbocycles. The number of hydrogen-bond donors (Lipinski definition) is 1. The van der Waals surface area contributed by atoms with Crippen LogP contribution in [-0.2, 0) is 17.5 Å². The van der Waals surface area contributed by atoms with Gasteiger partial charge in [-0.1, -0.05) is 0 Å². The summed E-state index contributed by atoms with van der Waals surface area (Å²) in [6.07, 6.45) is 2.42. The van der Waals surface area contributed by atoms with Crippen molar-refractivity contribution in [2.24, 2.45) is 0 Å². The Hall–Kier alpha value is -2.03. The van der Waals surface area contributed by atoms with Crippen LogP contribution >= 0.6 is 11.3 Å². The lowest BCUT2D eigenvalue weighted by Crippen LogP contribution is -2.18. The fourth-order valence-corrected chi connectivity index (χ4v) is 4.57. The zero-order valence-electron chi connectivity index (χ0n) is 15.4. The van der Waals surface area contributed by atoms with E-state index >= 15 is 0 Å². The molecule has 1 unspecified atom stereocenters. The lowest BCUT2D eigenvalue weighted by atomic mass is 10.1. The van der Waals surface area contributed by atoms with Crippen LogP contribution in [0.3, 0.4) is 0 Å². The number of ether oxygens (including phenoxy) is 1. The highest BCUT2D eigenvalue weighted by Gasteiger charge is 2.19. The number of hydrogen-bond acceptors (Lipinski definition) is 4. The molecule has 3 aromatic rings. The van der Waals surface area contributed by atoms with E-state index in [1.54, 1.807) is 12.3 Å². The summed E-state index contributed by atoms with van der Waals surface area (Å²) in [4.78, 5) is 14.2. The number of aryl methyl sites for hydroxylation is 2. The van der Waals surface area contributed by atoms with Gasteiger partial charge in [-0.3, -0.25) is 4.79 Å². The number of ketones is 1. The van der Waals surface area contributed by atoms with Crippen LogP contribution in [0, 0.1) is 12.7 Å². The lowest BCUT2D eigenvalue weighted by molar-refractivity contribution is 0.103. The van der Waals surface area contributed by atoms with Gasteiger partial charge in [-0.05, 0) is 37.6 Å². The Bertz CT molecular complexity index is 1010. The molecule has 0 radical (unpaired) electrons. The van der Waals surface area contributed by atoms with Gasteiger partial charge in [-0.25, -0.2) is 13.3 Å². The monoisotopic (exact) mass is 408 g/mol. The highest BCUT2D eigenvalue weighted by Crippen LogP contribution is 2.31. The Morgan fingerprint density at radius 2 is 2.11 bits per heavy atom. The van der Waals surface area contributed by atoms with Crippen LogP contribution < -0.4 is 9.46 Å². The highest BCUT2D eigenvalue weighted by molar-refractivity contribution is 7.82. The Labute approximate surface area is 163 Å². The lowest BCUT2D eigenvalue weighted by Gasteiger charge is -2.07. The molecule has 1 N–H and O–H groups in total. The number of thiophene rings is 1. The molecule has 27 heavy (non-hydrogen) atoms. The molecule has 2 heterocycles. The molecule has 0 bridgehead atoms. The number of rotatable bonds is 8. The molecule has 0 saturated heterocycles. The third-order valence-corrected chi connectivity index (χ3v) is 6.07. The maximum Gasteiger partial charge on any atom is 0.205 e. The molecule has 1 aromatic carbocycles. The standard InChI is InChI=1S/C19H21FN2O3S2/c1-12-9-13-10-17(18(23)15-6-5-14(25-2)11-16(15)20)26-19(13)22(12)8-4-7-21-27(3)24/h5-6,9-11,21H,4,7-8H2,1-3H3. The smallest absolute Gasteiger partial charge is 0.205 e. The van der Waals surface area contributed by atoms with E-state index in [0.717, 1.165) is 28.9 Å². The molecule has 3 rings (SSSR count). The molecule has 0 saturated carbocycles. The molecule has 0 spiro atoms. The van der Waals surface area contributed by atoms with Crippen LogP contribution in [0.25, 0.3) is 10.2 Å². The number of methoxy groups -OCH3 is 1. The van der Waals surface area contributed by atoms with Gasteiger partial charge in [0.1, 0.15) is 16.4 Å². The molecular weight excluding hydrogens is 387 g/mol. The molecule has 2 aromatic heterocycles. The van der Waals surface area contributed by atoms with Crippen molar-refractivity contribution in [3.05, 3.63) is 52.3 Å².